The van der Waals surface area contributed by atoms with E-state index in [-0.39, 0.29) is 10.8 Å². The molecule has 0 unspecified atom stereocenters. The van der Waals surface area contributed by atoms with E-state index in [4.69, 9.17) is 0 Å². The van der Waals surface area contributed by atoms with Gasteiger partial charge in [-0.05, 0) is 54.3 Å². The van der Waals surface area contributed by atoms with E-state index >= 15 is 0 Å². The van der Waals surface area contributed by atoms with E-state index in [1.54, 1.807) is 13.0 Å². The number of thiophene rings is 1. The van der Waals surface area contributed by atoms with Crippen molar-refractivity contribution in [2.45, 2.75) is 11.9 Å². The zero-order chi connectivity index (χ0) is 15.7. The van der Waals surface area contributed by atoms with Crippen LogP contribution in [0.3, 0.4) is 0 Å². The number of hydrogen-bond donors (Lipinski definition) is 1. The fourth-order valence-electron chi connectivity index (χ4n) is 1.97. The van der Waals surface area contributed by atoms with Gasteiger partial charge in [0.25, 0.3) is 10.0 Å². The van der Waals surface area contributed by atoms with Crippen molar-refractivity contribution in [3.05, 3.63) is 59.4 Å². The molecular formula is C14H12FN3O2S2. The number of rotatable bonds is 4. The molecule has 0 spiro atoms. The number of aryl methyl sites for hydroxylation is 1. The first-order valence-corrected chi connectivity index (χ1v) is 8.70. The highest BCUT2D eigenvalue weighted by atomic mass is 32.2. The van der Waals surface area contributed by atoms with Gasteiger partial charge in [0, 0.05) is 5.69 Å². The number of nitrogens with zero attached hydrogens (tertiary/aromatic N) is 2. The van der Waals surface area contributed by atoms with E-state index in [1.807, 2.05) is 11.4 Å². The number of aromatic nitrogens is 2. The predicted octanol–water partition coefficient (Wildman–Crippen LogP) is 3.18. The van der Waals surface area contributed by atoms with Crippen molar-refractivity contribution in [3.63, 3.8) is 0 Å². The highest BCUT2D eigenvalue weighted by Gasteiger charge is 2.21. The summed E-state index contributed by atoms with van der Waals surface area (Å²) >= 11 is 1.38. The van der Waals surface area contributed by atoms with Crippen molar-refractivity contribution in [1.82, 2.24) is 9.78 Å². The Morgan fingerprint density at radius 1 is 1.27 bits per heavy atom. The van der Waals surface area contributed by atoms with Crippen LogP contribution in [0.1, 0.15) is 5.56 Å². The van der Waals surface area contributed by atoms with Crippen LogP contribution in [-0.4, -0.2) is 18.2 Å². The van der Waals surface area contributed by atoms with Gasteiger partial charge in [-0.25, -0.2) is 9.07 Å². The number of sulfonamides is 1. The van der Waals surface area contributed by atoms with E-state index in [0.29, 0.717) is 16.3 Å². The van der Waals surface area contributed by atoms with Gasteiger partial charge < -0.3 is 0 Å². The molecule has 0 aliphatic rings. The van der Waals surface area contributed by atoms with Crippen LogP contribution in [0.15, 0.2) is 53.0 Å². The summed E-state index contributed by atoms with van der Waals surface area (Å²) in [5.41, 5.74) is 0.671. The number of anilines is 1. The van der Waals surface area contributed by atoms with E-state index in [2.05, 4.69) is 9.82 Å². The Hall–Kier alpha value is -2.19. The molecule has 0 atom stereocenters. The number of hydrogen-bond acceptors (Lipinski definition) is 4. The lowest BCUT2D eigenvalue weighted by Gasteiger charge is -2.10. The minimum Gasteiger partial charge on any atom is -0.278 e. The van der Waals surface area contributed by atoms with Gasteiger partial charge in [0.2, 0.25) is 0 Å². The zero-order valence-corrected chi connectivity index (χ0v) is 13.2. The Morgan fingerprint density at radius 3 is 2.77 bits per heavy atom. The maximum Gasteiger partial charge on any atom is 0.279 e. The highest BCUT2D eigenvalue weighted by Crippen LogP contribution is 2.22. The van der Waals surface area contributed by atoms with Crippen molar-refractivity contribution < 1.29 is 12.8 Å². The molecule has 2 heterocycles. The Balaban J connectivity index is 1.97. The lowest BCUT2D eigenvalue weighted by Crippen LogP contribution is -2.17. The average Bonchev–Trinajstić information content (AvgIpc) is 3.12. The second kappa shape index (κ2) is 5.54. The van der Waals surface area contributed by atoms with Crippen LogP contribution >= 0.6 is 11.3 Å². The third-order valence-corrected chi connectivity index (χ3v) is 5.22. The van der Waals surface area contributed by atoms with Crippen LogP contribution in [0.25, 0.3) is 5.00 Å². The summed E-state index contributed by atoms with van der Waals surface area (Å²) < 4.78 is 42.1. The topological polar surface area (TPSA) is 64.0 Å². The largest absolute Gasteiger partial charge is 0.279 e. The molecule has 1 aromatic carbocycles. The summed E-state index contributed by atoms with van der Waals surface area (Å²) in [5.74, 6) is -0.383. The van der Waals surface area contributed by atoms with Gasteiger partial charge in [-0.2, -0.15) is 13.5 Å². The molecular weight excluding hydrogens is 325 g/mol. The molecule has 3 rings (SSSR count). The van der Waals surface area contributed by atoms with Gasteiger partial charge in [0.1, 0.15) is 10.8 Å². The molecule has 0 bridgehead atoms. The summed E-state index contributed by atoms with van der Waals surface area (Å²) in [6, 6.07) is 9.06. The van der Waals surface area contributed by atoms with Crippen LogP contribution in [-0.2, 0) is 10.0 Å². The van der Waals surface area contributed by atoms with Gasteiger partial charge in [0.15, 0.2) is 5.03 Å². The fourth-order valence-corrected chi connectivity index (χ4v) is 3.88. The van der Waals surface area contributed by atoms with E-state index in [0.717, 1.165) is 0 Å². The lowest BCUT2D eigenvalue weighted by molar-refractivity contribution is 0.591. The molecule has 0 aliphatic heterocycles. The van der Waals surface area contributed by atoms with Crippen molar-refractivity contribution >= 4 is 27.0 Å². The Morgan fingerprint density at radius 2 is 2.09 bits per heavy atom. The van der Waals surface area contributed by atoms with Crippen LogP contribution in [0.2, 0.25) is 0 Å². The molecule has 0 fully saturated rings. The Labute approximate surface area is 131 Å². The molecule has 0 amide bonds. The molecule has 1 N–H and O–H groups in total. The summed E-state index contributed by atoms with van der Waals surface area (Å²) in [7, 11) is -3.82. The first-order valence-electron chi connectivity index (χ1n) is 6.34. The molecule has 114 valence electrons. The number of benzene rings is 1. The quantitative estimate of drug-likeness (QED) is 0.795. The SMILES string of the molecule is Cc1cc(NS(=O)(=O)c2ccnn2-c2cccs2)ccc1F. The van der Waals surface area contributed by atoms with Crippen molar-refractivity contribution in [2.75, 3.05) is 4.72 Å². The summed E-state index contributed by atoms with van der Waals surface area (Å²) in [6.07, 6.45) is 1.42. The van der Waals surface area contributed by atoms with Crippen LogP contribution < -0.4 is 4.72 Å². The van der Waals surface area contributed by atoms with E-state index in [1.165, 1.54) is 46.5 Å². The molecule has 5 nitrogen and oxygen atoms in total. The second-order valence-electron chi connectivity index (χ2n) is 4.60. The van der Waals surface area contributed by atoms with Gasteiger partial charge in [-0.3, -0.25) is 4.72 Å². The standard InChI is InChI=1S/C14H12FN3O2S2/c1-10-9-11(4-5-12(10)15)17-22(19,20)14-6-7-16-18(14)13-3-2-8-21-13/h2-9,17H,1H3. The van der Waals surface area contributed by atoms with Gasteiger partial charge >= 0.3 is 0 Å². The molecule has 3 aromatic rings. The van der Waals surface area contributed by atoms with Crippen molar-refractivity contribution in [2.24, 2.45) is 0 Å². The van der Waals surface area contributed by atoms with Gasteiger partial charge in [-0.15, -0.1) is 11.3 Å². The Bertz CT molecular complexity index is 902. The van der Waals surface area contributed by atoms with Crippen molar-refractivity contribution in [3.8, 4) is 5.00 Å². The van der Waals surface area contributed by atoms with Crippen molar-refractivity contribution in [1.29, 1.82) is 0 Å². The normalized spacial score (nSPS) is 11.5. The molecule has 2 aromatic heterocycles. The highest BCUT2D eigenvalue weighted by molar-refractivity contribution is 7.92. The maximum atomic E-state index is 13.3. The van der Waals surface area contributed by atoms with Crippen LogP contribution in [0, 0.1) is 12.7 Å². The van der Waals surface area contributed by atoms with Gasteiger partial charge in [0.05, 0.1) is 6.20 Å². The second-order valence-corrected chi connectivity index (χ2v) is 7.16. The van der Waals surface area contributed by atoms with Gasteiger partial charge in [-0.1, -0.05) is 0 Å². The van der Waals surface area contributed by atoms with Crippen LogP contribution in [0.5, 0.6) is 0 Å². The van der Waals surface area contributed by atoms with E-state index in [9.17, 15) is 12.8 Å². The summed E-state index contributed by atoms with van der Waals surface area (Å²) in [5, 5.41) is 6.60. The first kappa shape index (κ1) is 14.7. The monoisotopic (exact) mass is 337 g/mol. The molecule has 0 radical (unpaired) electrons. The molecule has 0 saturated heterocycles. The molecule has 22 heavy (non-hydrogen) atoms. The average molecular weight is 337 g/mol. The molecule has 0 aliphatic carbocycles. The third-order valence-electron chi connectivity index (χ3n) is 3.01. The Kier molecular flexibility index (Phi) is 3.71. The minimum absolute atomic E-state index is 0.0249. The first-order chi connectivity index (χ1) is 10.5. The predicted molar refractivity (Wildman–Crippen MR) is 83.4 cm³/mol. The summed E-state index contributed by atoms with van der Waals surface area (Å²) in [6.45, 7) is 1.57. The lowest BCUT2D eigenvalue weighted by atomic mass is 10.2. The smallest absolute Gasteiger partial charge is 0.278 e. The minimum atomic E-state index is -3.82. The maximum absolute atomic E-state index is 13.3. The van der Waals surface area contributed by atoms with Crippen LogP contribution in [0.4, 0.5) is 10.1 Å². The number of halogens is 1. The fraction of sp³-hybridized carbons (Fsp3) is 0.0714. The summed E-state index contributed by atoms with van der Waals surface area (Å²) in [4.78, 5) is 0. The van der Waals surface area contributed by atoms with E-state index < -0.39 is 10.0 Å². The molecule has 8 heteroatoms. The third kappa shape index (κ3) is 2.75. The zero-order valence-electron chi connectivity index (χ0n) is 11.5. The number of nitrogens with one attached hydrogen (secondary N) is 1. The molecule has 0 saturated carbocycles.